The molecule has 0 spiro atoms. The standard InChI is InChI=1S/C11H15BrN4S/c12-9-1-2-11(14-7-9)16-5-3-15(4-6-16)8-10(13)17/h1-2,7H,3-6,8H2,(H2,13,17). The van der Waals surface area contributed by atoms with Gasteiger partial charge in [-0.3, -0.25) is 4.90 Å². The summed E-state index contributed by atoms with van der Waals surface area (Å²) in [4.78, 5) is 9.52. The number of nitrogens with two attached hydrogens (primary N) is 1. The normalized spacial score (nSPS) is 17.1. The molecule has 0 saturated carbocycles. The van der Waals surface area contributed by atoms with Gasteiger partial charge in [0.1, 0.15) is 5.82 Å². The Bertz CT molecular complexity index is 387. The van der Waals surface area contributed by atoms with Crippen molar-refractivity contribution < 1.29 is 0 Å². The number of pyridine rings is 1. The van der Waals surface area contributed by atoms with E-state index in [1.54, 1.807) is 0 Å². The van der Waals surface area contributed by atoms with Gasteiger partial charge in [-0.2, -0.15) is 0 Å². The highest BCUT2D eigenvalue weighted by molar-refractivity contribution is 9.10. The van der Waals surface area contributed by atoms with E-state index in [0.29, 0.717) is 4.99 Å². The van der Waals surface area contributed by atoms with Gasteiger partial charge in [-0.25, -0.2) is 4.98 Å². The van der Waals surface area contributed by atoms with Crippen LogP contribution in [0.5, 0.6) is 0 Å². The Morgan fingerprint density at radius 2 is 2.06 bits per heavy atom. The number of rotatable bonds is 3. The van der Waals surface area contributed by atoms with E-state index in [4.69, 9.17) is 18.0 Å². The summed E-state index contributed by atoms with van der Waals surface area (Å²) in [5.41, 5.74) is 5.54. The molecule has 0 aliphatic carbocycles. The van der Waals surface area contributed by atoms with Crippen molar-refractivity contribution in [3.05, 3.63) is 22.8 Å². The predicted octanol–water partition coefficient (Wildman–Crippen LogP) is 1.25. The van der Waals surface area contributed by atoms with E-state index in [0.717, 1.165) is 43.0 Å². The van der Waals surface area contributed by atoms with Crippen LogP contribution in [-0.2, 0) is 0 Å². The number of hydrogen-bond acceptors (Lipinski definition) is 4. The molecule has 0 unspecified atom stereocenters. The van der Waals surface area contributed by atoms with Crippen LogP contribution in [0.3, 0.4) is 0 Å². The highest BCUT2D eigenvalue weighted by atomic mass is 79.9. The summed E-state index contributed by atoms with van der Waals surface area (Å²) in [7, 11) is 0. The number of piperazine rings is 1. The molecule has 2 heterocycles. The maximum Gasteiger partial charge on any atom is 0.128 e. The lowest BCUT2D eigenvalue weighted by Crippen LogP contribution is -2.48. The lowest BCUT2D eigenvalue weighted by atomic mass is 10.3. The van der Waals surface area contributed by atoms with Gasteiger partial charge in [0.15, 0.2) is 0 Å². The zero-order valence-electron chi connectivity index (χ0n) is 9.47. The predicted molar refractivity (Wildman–Crippen MR) is 77.4 cm³/mol. The van der Waals surface area contributed by atoms with Crippen molar-refractivity contribution >= 4 is 39.0 Å². The van der Waals surface area contributed by atoms with Crippen molar-refractivity contribution in [3.63, 3.8) is 0 Å². The second kappa shape index (κ2) is 5.75. The number of nitrogens with zero attached hydrogens (tertiary/aromatic N) is 3. The molecule has 1 saturated heterocycles. The van der Waals surface area contributed by atoms with Gasteiger partial charge in [0, 0.05) is 43.4 Å². The molecule has 6 heteroatoms. The van der Waals surface area contributed by atoms with Gasteiger partial charge in [0.25, 0.3) is 0 Å². The first-order chi connectivity index (χ1) is 8.15. The van der Waals surface area contributed by atoms with Crippen LogP contribution in [-0.4, -0.2) is 47.6 Å². The van der Waals surface area contributed by atoms with E-state index in [1.165, 1.54) is 0 Å². The van der Waals surface area contributed by atoms with Gasteiger partial charge >= 0.3 is 0 Å². The Kier molecular flexibility index (Phi) is 4.31. The Hall–Kier alpha value is -0.720. The number of thiocarbonyl (C=S) groups is 1. The van der Waals surface area contributed by atoms with Crippen molar-refractivity contribution in [1.29, 1.82) is 0 Å². The van der Waals surface area contributed by atoms with Gasteiger partial charge in [0.2, 0.25) is 0 Å². The van der Waals surface area contributed by atoms with E-state index >= 15 is 0 Å². The van der Waals surface area contributed by atoms with Crippen molar-refractivity contribution in [3.8, 4) is 0 Å². The molecule has 1 aromatic heterocycles. The van der Waals surface area contributed by atoms with Gasteiger partial charge in [-0.1, -0.05) is 12.2 Å². The topological polar surface area (TPSA) is 45.4 Å². The van der Waals surface area contributed by atoms with Gasteiger partial charge in [-0.15, -0.1) is 0 Å². The Balaban J connectivity index is 1.90. The Labute approximate surface area is 115 Å². The molecular weight excluding hydrogens is 300 g/mol. The summed E-state index contributed by atoms with van der Waals surface area (Å²) in [5.74, 6) is 1.03. The monoisotopic (exact) mass is 314 g/mol. The molecule has 0 radical (unpaired) electrons. The Morgan fingerprint density at radius 1 is 1.35 bits per heavy atom. The number of halogens is 1. The average molecular weight is 315 g/mol. The van der Waals surface area contributed by atoms with E-state index in [2.05, 4.69) is 30.7 Å². The molecule has 1 aliphatic heterocycles. The first-order valence-electron chi connectivity index (χ1n) is 5.52. The summed E-state index contributed by atoms with van der Waals surface area (Å²) in [6, 6.07) is 4.05. The van der Waals surface area contributed by atoms with Crippen LogP contribution in [0.15, 0.2) is 22.8 Å². The lowest BCUT2D eigenvalue weighted by molar-refractivity contribution is 0.291. The molecule has 0 bridgehead atoms. The number of anilines is 1. The molecule has 1 aliphatic rings. The zero-order chi connectivity index (χ0) is 12.3. The molecule has 4 nitrogen and oxygen atoms in total. The lowest BCUT2D eigenvalue weighted by Gasteiger charge is -2.35. The molecule has 1 fully saturated rings. The maximum absolute atomic E-state index is 5.54. The molecule has 1 aromatic rings. The van der Waals surface area contributed by atoms with Crippen LogP contribution in [0.2, 0.25) is 0 Å². The first-order valence-corrected chi connectivity index (χ1v) is 6.72. The summed E-state index contributed by atoms with van der Waals surface area (Å²) >= 11 is 8.31. The van der Waals surface area contributed by atoms with Crippen molar-refractivity contribution in [2.24, 2.45) is 5.73 Å². The van der Waals surface area contributed by atoms with Crippen molar-refractivity contribution in [2.75, 3.05) is 37.6 Å². The molecule has 2 N–H and O–H groups in total. The largest absolute Gasteiger partial charge is 0.392 e. The van der Waals surface area contributed by atoms with E-state index in [9.17, 15) is 0 Å². The average Bonchev–Trinajstić information content (AvgIpc) is 2.30. The molecule has 0 amide bonds. The number of hydrogen-bond donors (Lipinski definition) is 1. The first kappa shape index (κ1) is 12.7. The SMILES string of the molecule is NC(=S)CN1CCN(c2ccc(Br)cn2)CC1. The van der Waals surface area contributed by atoms with E-state index in [1.807, 2.05) is 18.3 Å². The molecule has 0 atom stereocenters. The van der Waals surface area contributed by atoms with Gasteiger partial charge in [0.05, 0.1) is 4.99 Å². The quantitative estimate of drug-likeness (QED) is 0.851. The highest BCUT2D eigenvalue weighted by Gasteiger charge is 2.17. The highest BCUT2D eigenvalue weighted by Crippen LogP contribution is 2.16. The second-order valence-corrected chi connectivity index (χ2v) is 5.50. The summed E-state index contributed by atoms with van der Waals surface area (Å²) in [6.07, 6.45) is 1.83. The molecule has 0 aromatic carbocycles. The van der Waals surface area contributed by atoms with Crippen LogP contribution in [0.1, 0.15) is 0 Å². The van der Waals surface area contributed by atoms with Crippen LogP contribution in [0, 0.1) is 0 Å². The van der Waals surface area contributed by atoms with Crippen LogP contribution in [0.25, 0.3) is 0 Å². The molecule has 17 heavy (non-hydrogen) atoms. The molecule has 92 valence electrons. The van der Waals surface area contributed by atoms with E-state index in [-0.39, 0.29) is 0 Å². The third kappa shape index (κ3) is 3.62. The smallest absolute Gasteiger partial charge is 0.128 e. The van der Waals surface area contributed by atoms with Crippen LogP contribution in [0.4, 0.5) is 5.82 Å². The fourth-order valence-corrected chi connectivity index (χ4v) is 2.33. The summed E-state index contributed by atoms with van der Waals surface area (Å²) in [6.45, 7) is 4.62. The fraction of sp³-hybridized carbons (Fsp3) is 0.455. The molecule has 2 rings (SSSR count). The minimum Gasteiger partial charge on any atom is -0.392 e. The van der Waals surface area contributed by atoms with Gasteiger partial charge < -0.3 is 10.6 Å². The van der Waals surface area contributed by atoms with Gasteiger partial charge in [-0.05, 0) is 28.1 Å². The number of aromatic nitrogens is 1. The third-order valence-electron chi connectivity index (χ3n) is 2.79. The third-order valence-corrected chi connectivity index (χ3v) is 3.39. The maximum atomic E-state index is 5.54. The Morgan fingerprint density at radius 3 is 2.59 bits per heavy atom. The second-order valence-electron chi connectivity index (χ2n) is 4.06. The fourth-order valence-electron chi connectivity index (χ4n) is 1.91. The van der Waals surface area contributed by atoms with E-state index < -0.39 is 0 Å². The summed E-state index contributed by atoms with van der Waals surface area (Å²) < 4.78 is 1.01. The minimum absolute atomic E-state index is 0.570. The van der Waals surface area contributed by atoms with Crippen molar-refractivity contribution in [2.45, 2.75) is 0 Å². The zero-order valence-corrected chi connectivity index (χ0v) is 11.9. The summed E-state index contributed by atoms with van der Waals surface area (Å²) in [5, 5.41) is 0. The van der Waals surface area contributed by atoms with Crippen LogP contribution >= 0.6 is 28.1 Å². The minimum atomic E-state index is 0.570. The molecular formula is C11H15BrN4S. The van der Waals surface area contributed by atoms with Crippen molar-refractivity contribution in [1.82, 2.24) is 9.88 Å². The van der Waals surface area contributed by atoms with Crippen LogP contribution < -0.4 is 10.6 Å².